The summed E-state index contributed by atoms with van der Waals surface area (Å²) in [7, 11) is 0. The van der Waals surface area contributed by atoms with Crippen LogP contribution in [0.4, 0.5) is 0 Å². The fourth-order valence-corrected chi connectivity index (χ4v) is 5.57. The lowest BCUT2D eigenvalue weighted by Gasteiger charge is -2.28. The zero-order valence-electron chi connectivity index (χ0n) is 36.6. The number of carboxylic acids is 1. The molecule has 14 N–H and O–H groups in total. The summed E-state index contributed by atoms with van der Waals surface area (Å²) < 4.78 is 0. The van der Waals surface area contributed by atoms with E-state index in [9.17, 15) is 53.1 Å². The third-order valence-corrected chi connectivity index (χ3v) is 9.58. The predicted octanol–water partition coefficient (Wildman–Crippen LogP) is -3.64. The highest BCUT2D eigenvalue weighted by Gasteiger charge is 2.33. The average molecular weight is 888 g/mol. The highest BCUT2D eigenvalue weighted by Crippen LogP contribution is 2.09. The lowest BCUT2D eigenvalue weighted by molar-refractivity contribution is -0.142. The molecular weight excluding hydrogens is 819 g/mol. The highest BCUT2D eigenvalue weighted by atomic mass is 32.1. The van der Waals surface area contributed by atoms with Crippen molar-refractivity contribution in [2.45, 2.75) is 124 Å². The number of unbranched alkanes of at least 4 members (excludes halogenated alkanes) is 1. The van der Waals surface area contributed by atoms with Crippen molar-refractivity contribution in [1.29, 1.82) is 0 Å². The summed E-state index contributed by atoms with van der Waals surface area (Å²) in [6.07, 6.45) is 1.21. The van der Waals surface area contributed by atoms with Gasteiger partial charge >= 0.3 is 5.97 Å². The quantitative estimate of drug-likeness (QED) is 0.0267. The van der Waals surface area contributed by atoms with Gasteiger partial charge in [0.1, 0.15) is 36.3 Å². The maximum Gasteiger partial charge on any atom is 0.326 e. The Morgan fingerprint density at radius 2 is 0.918 bits per heavy atom. The monoisotopic (exact) mass is 887 g/mol. The zero-order valence-corrected chi connectivity index (χ0v) is 37.5. The molecule has 0 fully saturated rings. The van der Waals surface area contributed by atoms with Gasteiger partial charge < -0.3 is 64.4 Å². The van der Waals surface area contributed by atoms with Crippen LogP contribution >= 0.6 is 12.6 Å². The molecule has 0 bridgehead atoms. The van der Waals surface area contributed by atoms with Crippen LogP contribution < -0.4 is 59.3 Å². The van der Waals surface area contributed by atoms with Crippen molar-refractivity contribution in [3.8, 4) is 0 Å². The van der Waals surface area contributed by atoms with Crippen LogP contribution in [0.15, 0.2) is 0 Å². The Morgan fingerprint density at radius 1 is 0.492 bits per heavy atom. The molecule has 9 amide bonds. The van der Waals surface area contributed by atoms with E-state index < -0.39 is 133 Å². The number of hydrogen-bond acceptors (Lipinski definition) is 13. The number of amides is 9. The first-order valence-electron chi connectivity index (χ1n) is 20.3. The average Bonchev–Trinajstić information content (AvgIpc) is 3.18. The van der Waals surface area contributed by atoms with Crippen molar-refractivity contribution in [1.82, 2.24) is 47.9 Å². The van der Waals surface area contributed by atoms with Crippen LogP contribution in [0.25, 0.3) is 0 Å². The molecule has 0 aliphatic heterocycles. The summed E-state index contributed by atoms with van der Waals surface area (Å²) in [5, 5.41) is 31.3. The van der Waals surface area contributed by atoms with Crippen molar-refractivity contribution in [3.05, 3.63) is 0 Å². The molecule has 348 valence electrons. The maximum absolute atomic E-state index is 13.2. The number of nitrogens with one attached hydrogen (secondary N) is 9. The van der Waals surface area contributed by atoms with Crippen LogP contribution in [0.5, 0.6) is 0 Å². The van der Waals surface area contributed by atoms with Gasteiger partial charge in [0.25, 0.3) is 0 Å². The summed E-state index contributed by atoms with van der Waals surface area (Å²) in [6.45, 7) is 13.5. The van der Waals surface area contributed by atoms with E-state index in [1.54, 1.807) is 55.4 Å². The Hall–Kier alpha value is -5.03. The molecule has 0 radical (unpaired) electrons. The molecule has 0 saturated heterocycles. The summed E-state index contributed by atoms with van der Waals surface area (Å²) in [5.74, 6) is -9.30. The number of thiol groups is 1. The summed E-state index contributed by atoms with van der Waals surface area (Å²) in [4.78, 5) is 126. The van der Waals surface area contributed by atoms with E-state index >= 15 is 0 Å². The van der Waals surface area contributed by atoms with E-state index in [4.69, 9.17) is 11.5 Å². The standard InChI is InChI=1S/C38H69N11O11S/c1-18(2)28(40)34(55)48-31(21(7)8)37(58)49-30(20(5)6)36(57)42-14-25(50)44-22(9)32(53)46-24(17-61)33(54)41-16-27(52)47-29(19(3)4)35(56)43-15-26(51)45-23(38(59)60)12-10-11-13-39/h18-24,28-31,61H,10-17,39-40H2,1-9H3,(H,41,54)(H,42,57)(H,43,56)(H,44,50)(H,45,51)(H,46,53)(H,47,52)(H,48,55)(H,49,58)(H,59,60)/t22-,23-,24-,28-,29-,30-,31-/m0/s1. The predicted molar refractivity (Wildman–Crippen MR) is 228 cm³/mol. The molecule has 0 aliphatic carbocycles. The molecule has 0 aromatic rings. The van der Waals surface area contributed by atoms with E-state index in [1.807, 2.05) is 0 Å². The number of hydrogen-bond donors (Lipinski definition) is 13. The van der Waals surface area contributed by atoms with Crippen molar-refractivity contribution in [3.63, 3.8) is 0 Å². The number of carboxylic acid groups (broad SMARTS) is 1. The smallest absolute Gasteiger partial charge is 0.326 e. The topological polar surface area (TPSA) is 351 Å². The molecular formula is C38H69N11O11S. The van der Waals surface area contributed by atoms with Crippen molar-refractivity contribution in [2.75, 3.05) is 31.9 Å². The third kappa shape index (κ3) is 21.4. The molecule has 0 rings (SSSR count). The summed E-state index contributed by atoms with van der Waals surface area (Å²) in [5.41, 5.74) is 11.3. The van der Waals surface area contributed by atoms with Gasteiger partial charge in [-0.25, -0.2) is 4.79 Å². The second-order valence-corrected chi connectivity index (χ2v) is 16.3. The molecule has 0 aromatic carbocycles. The Kier molecular flexibility index (Phi) is 26.1. The lowest BCUT2D eigenvalue weighted by Crippen LogP contribution is -2.59. The minimum Gasteiger partial charge on any atom is -0.480 e. The summed E-state index contributed by atoms with van der Waals surface area (Å²) in [6, 6.07) is -7.67. The lowest BCUT2D eigenvalue weighted by atomic mass is 9.98. The van der Waals surface area contributed by atoms with Crippen LogP contribution in [-0.4, -0.2) is 138 Å². The molecule has 7 atom stereocenters. The van der Waals surface area contributed by atoms with Gasteiger partial charge in [0.2, 0.25) is 53.2 Å². The first kappa shape index (κ1) is 56.0. The molecule has 0 aromatic heterocycles. The van der Waals surface area contributed by atoms with E-state index in [1.165, 1.54) is 6.92 Å². The molecule has 0 unspecified atom stereocenters. The molecule has 61 heavy (non-hydrogen) atoms. The number of aliphatic carboxylic acids is 1. The van der Waals surface area contributed by atoms with Gasteiger partial charge in [-0.05, 0) is 56.4 Å². The molecule has 0 saturated carbocycles. The van der Waals surface area contributed by atoms with E-state index in [-0.39, 0.29) is 24.0 Å². The first-order chi connectivity index (χ1) is 28.4. The van der Waals surface area contributed by atoms with Gasteiger partial charge in [0.15, 0.2) is 0 Å². The molecule has 0 aliphatic rings. The van der Waals surface area contributed by atoms with Crippen LogP contribution in [0.1, 0.15) is 81.6 Å². The molecule has 23 heteroatoms. The highest BCUT2D eigenvalue weighted by molar-refractivity contribution is 7.80. The number of carbonyl (C=O) groups is 10. The molecule has 22 nitrogen and oxygen atoms in total. The number of nitrogens with two attached hydrogens (primary N) is 2. The van der Waals surface area contributed by atoms with Crippen molar-refractivity contribution >= 4 is 71.8 Å². The minimum absolute atomic E-state index is 0.154. The van der Waals surface area contributed by atoms with Crippen LogP contribution in [0.2, 0.25) is 0 Å². The van der Waals surface area contributed by atoms with Crippen LogP contribution in [0, 0.1) is 23.7 Å². The Labute approximate surface area is 362 Å². The summed E-state index contributed by atoms with van der Waals surface area (Å²) >= 11 is 4.10. The molecule has 0 heterocycles. The van der Waals surface area contributed by atoms with Gasteiger partial charge in [0.05, 0.1) is 25.7 Å². The van der Waals surface area contributed by atoms with Gasteiger partial charge in [-0.15, -0.1) is 0 Å². The zero-order chi connectivity index (χ0) is 47.1. The van der Waals surface area contributed by atoms with Crippen molar-refractivity contribution < 1.29 is 53.1 Å². The van der Waals surface area contributed by atoms with Gasteiger partial charge in [-0.2, -0.15) is 12.6 Å². The van der Waals surface area contributed by atoms with Gasteiger partial charge in [0, 0.05) is 5.75 Å². The second kappa shape index (κ2) is 28.5. The van der Waals surface area contributed by atoms with Crippen LogP contribution in [0.3, 0.4) is 0 Å². The molecule has 0 spiro atoms. The Balaban J connectivity index is 5.14. The Bertz CT molecular complexity index is 1530. The third-order valence-electron chi connectivity index (χ3n) is 9.22. The van der Waals surface area contributed by atoms with E-state index in [0.29, 0.717) is 19.4 Å². The van der Waals surface area contributed by atoms with Gasteiger partial charge in [-0.1, -0.05) is 55.4 Å². The number of rotatable bonds is 28. The Morgan fingerprint density at radius 3 is 1.36 bits per heavy atom. The normalized spacial score (nSPS) is 14.6. The van der Waals surface area contributed by atoms with E-state index in [2.05, 4.69) is 60.5 Å². The van der Waals surface area contributed by atoms with Crippen LogP contribution in [-0.2, 0) is 47.9 Å². The SMILES string of the molecule is CC(C)[C@H](N)C(=O)N[C@H](C(=O)N[C@H](C(=O)NCC(=O)N[C@@H](C)C(=O)N[C@@H](CS)C(=O)NCC(=O)N[C@H](C(=O)NCC(=O)N[C@@H](CCCCN)C(=O)O)C(C)C)C(C)C)C(C)C. The van der Waals surface area contributed by atoms with Crippen molar-refractivity contribution in [2.24, 2.45) is 35.1 Å². The van der Waals surface area contributed by atoms with E-state index in [0.717, 1.165) is 0 Å². The second-order valence-electron chi connectivity index (χ2n) is 15.9. The minimum atomic E-state index is -1.26. The van der Waals surface area contributed by atoms with Gasteiger partial charge in [-0.3, -0.25) is 43.2 Å². The largest absolute Gasteiger partial charge is 0.480 e. The fourth-order valence-electron chi connectivity index (χ4n) is 5.31. The fraction of sp³-hybridized carbons (Fsp3) is 0.737. The first-order valence-corrected chi connectivity index (χ1v) is 20.9. The number of carbonyl (C=O) groups excluding carboxylic acids is 9. The maximum atomic E-state index is 13.2.